The van der Waals surface area contributed by atoms with Crippen LogP contribution in [0.15, 0.2) is 18.5 Å². The number of halogens is 1. The van der Waals surface area contributed by atoms with E-state index in [0.29, 0.717) is 5.02 Å². The van der Waals surface area contributed by atoms with E-state index in [9.17, 15) is 0 Å². The van der Waals surface area contributed by atoms with E-state index in [1.807, 2.05) is 6.07 Å². The first kappa shape index (κ1) is 12.3. The number of nitrogens with zero attached hydrogens (tertiary/aromatic N) is 2. The number of aromatic nitrogens is 1. The van der Waals surface area contributed by atoms with Crippen LogP contribution in [0.3, 0.4) is 0 Å². The number of likely N-dealkylation sites (N-methyl/N-ethyl adjacent to an activating group) is 1. The molecule has 0 bridgehead atoms. The van der Waals surface area contributed by atoms with Crippen LogP contribution in [0.25, 0.3) is 0 Å². The van der Waals surface area contributed by atoms with Gasteiger partial charge in [0.15, 0.2) is 0 Å². The summed E-state index contributed by atoms with van der Waals surface area (Å²) in [4.78, 5) is 6.30. The predicted molar refractivity (Wildman–Crippen MR) is 65.5 cm³/mol. The van der Waals surface area contributed by atoms with Crippen LogP contribution in [0.1, 0.15) is 13.8 Å². The van der Waals surface area contributed by atoms with Gasteiger partial charge in [0.1, 0.15) is 0 Å². The number of hydrogen-bond donors (Lipinski definition) is 1. The SMILES string of the molecule is CCN(CC)CCNc1ccncc1Cl. The second-order valence-corrected chi connectivity index (χ2v) is 3.72. The molecule has 0 aliphatic rings. The maximum atomic E-state index is 5.97. The lowest BCUT2D eigenvalue weighted by Gasteiger charge is -2.18. The summed E-state index contributed by atoms with van der Waals surface area (Å²) < 4.78 is 0. The smallest absolute Gasteiger partial charge is 0.0820 e. The first-order valence-electron chi connectivity index (χ1n) is 5.33. The molecule has 0 aliphatic heterocycles. The summed E-state index contributed by atoms with van der Waals surface area (Å²) in [5, 5.41) is 3.98. The van der Waals surface area contributed by atoms with E-state index in [-0.39, 0.29) is 0 Å². The fourth-order valence-electron chi connectivity index (χ4n) is 1.41. The largest absolute Gasteiger partial charge is 0.382 e. The molecule has 0 spiro atoms. The van der Waals surface area contributed by atoms with Crippen molar-refractivity contribution in [2.75, 3.05) is 31.5 Å². The second-order valence-electron chi connectivity index (χ2n) is 3.31. The Morgan fingerprint density at radius 2 is 2.13 bits per heavy atom. The average molecular weight is 228 g/mol. The molecule has 0 unspecified atom stereocenters. The third-order valence-corrected chi connectivity index (χ3v) is 2.71. The van der Waals surface area contributed by atoms with Gasteiger partial charge in [-0.05, 0) is 19.2 Å². The van der Waals surface area contributed by atoms with Crippen molar-refractivity contribution in [3.63, 3.8) is 0 Å². The van der Waals surface area contributed by atoms with Gasteiger partial charge >= 0.3 is 0 Å². The zero-order valence-corrected chi connectivity index (χ0v) is 10.1. The molecule has 1 aromatic rings. The van der Waals surface area contributed by atoms with Crippen molar-refractivity contribution >= 4 is 17.3 Å². The van der Waals surface area contributed by atoms with Crippen molar-refractivity contribution in [1.82, 2.24) is 9.88 Å². The molecule has 0 saturated heterocycles. The number of pyridine rings is 1. The third-order valence-electron chi connectivity index (χ3n) is 2.41. The molecule has 15 heavy (non-hydrogen) atoms. The van der Waals surface area contributed by atoms with E-state index < -0.39 is 0 Å². The molecule has 0 saturated carbocycles. The molecule has 1 rings (SSSR count). The summed E-state index contributed by atoms with van der Waals surface area (Å²) in [6, 6.07) is 1.89. The highest BCUT2D eigenvalue weighted by atomic mass is 35.5. The van der Waals surface area contributed by atoms with Gasteiger partial charge in [-0.15, -0.1) is 0 Å². The van der Waals surface area contributed by atoms with E-state index in [2.05, 4.69) is 29.0 Å². The summed E-state index contributed by atoms with van der Waals surface area (Å²) in [6.07, 6.45) is 3.40. The summed E-state index contributed by atoms with van der Waals surface area (Å²) in [6.45, 7) is 8.45. The Kier molecular flexibility index (Phi) is 5.43. The maximum absolute atomic E-state index is 5.97. The Bertz CT molecular complexity index is 287. The maximum Gasteiger partial charge on any atom is 0.0820 e. The number of rotatable bonds is 6. The van der Waals surface area contributed by atoms with Crippen LogP contribution in [-0.4, -0.2) is 36.1 Å². The minimum absolute atomic E-state index is 0.678. The van der Waals surface area contributed by atoms with Crippen LogP contribution in [-0.2, 0) is 0 Å². The Hall–Kier alpha value is -0.800. The van der Waals surface area contributed by atoms with Gasteiger partial charge in [-0.1, -0.05) is 25.4 Å². The number of anilines is 1. The molecule has 1 aromatic heterocycles. The average Bonchev–Trinajstić information content (AvgIpc) is 2.27. The van der Waals surface area contributed by atoms with Gasteiger partial charge in [-0.3, -0.25) is 4.98 Å². The lowest BCUT2D eigenvalue weighted by atomic mass is 10.4. The molecule has 0 fully saturated rings. The van der Waals surface area contributed by atoms with E-state index in [4.69, 9.17) is 11.6 Å². The lowest BCUT2D eigenvalue weighted by Crippen LogP contribution is -2.28. The first-order chi connectivity index (χ1) is 7.27. The van der Waals surface area contributed by atoms with Gasteiger partial charge < -0.3 is 10.2 Å². The van der Waals surface area contributed by atoms with Crippen molar-refractivity contribution in [2.24, 2.45) is 0 Å². The zero-order chi connectivity index (χ0) is 11.1. The second kappa shape index (κ2) is 6.64. The van der Waals surface area contributed by atoms with Gasteiger partial charge in [0.25, 0.3) is 0 Å². The molecule has 0 amide bonds. The van der Waals surface area contributed by atoms with Crippen LogP contribution >= 0.6 is 11.6 Å². The molecule has 0 aliphatic carbocycles. The monoisotopic (exact) mass is 227 g/mol. The Labute approximate surface area is 96.5 Å². The predicted octanol–water partition coefficient (Wildman–Crippen LogP) is 2.49. The van der Waals surface area contributed by atoms with Gasteiger partial charge in [-0.25, -0.2) is 0 Å². The normalized spacial score (nSPS) is 10.7. The summed E-state index contributed by atoms with van der Waals surface area (Å²) in [7, 11) is 0. The molecular formula is C11H18ClN3. The third kappa shape index (κ3) is 4.06. The molecule has 1 heterocycles. The topological polar surface area (TPSA) is 28.2 Å². The minimum Gasteiger partial charge on any atom is -0.382 e. The Morgan fingerprint density at radius 3 is 2.73 bits per heavy atom. The Morgan fingerprint density at radius 1 is 1.40 bits per heavy atom. The van der Waals surface area contributed by atoms with Crippen LogP contribution in [0.4, 0.5) is 5.69 Å². The summed E-state index contributed by atoms with van der Waals surface area (Å²) in [5.41, 5.74) is 0.957. The summed E-state index contributed by atoms with van der Waals surface area (Å²) >= 11 is 5.97. The molecular weight excluding hydrogens is 210 g/mol. The highest BCUT2D eigenvalue weighted by molar-refractivity contribution is 6.33. The number of hydrogen-bond acceptors (Lipinski definition) is 3. The molecule has 0 atom stereocenters. The standard InChI is InChI=1S/C11H18ClN3/c1-3-15(4-2)8-7-14-11-5-6-13-9-10(11)12/h5-6,9H,3-4,7-8H2,1-2H3,(H,13,14). The summed E-state index contributed by atoms with van der Waals surface area (Å²) in [5.74, 6) is 0. The van der Waals surface area contributed by atoms with Gasteiger partial charge in [0, 0.05) is 25.5 Å². The highest BCUT2D eigenvalue weighted by Gasteiger charge is 2.00. The quantitative estimate of drug-likeness (QED) is 0.810. The Balaban J connectivity index is 2.34. The first-order valence-corrected chi connectivity index (χ1v) is 5.71. The highest BCUT2D eigenvalue weighted by Crippen LogP contribution is 2.18. The van der Waals surface area contributed by atoms with Crippen molar-refractivity contribution in [3.8, 4) is 0 Å². The molecule has 4 heteroatoms. The molecule has 84 valence electrons. The van der Waals surface area contributed by atoms with Crippen LogP contribution in [0.2, 0.25) is 5.02 Å². The van der Waals surface area contributed by atoms with Crippen LogP contribution in [0.5, 0.6) is 0 Å². The molecule has 0 aromatic carbocycles. The molecule has 1 N–H and O–H groups in total. The lowest BCUT2D eigenvalue weighted by molar-refractivity contribution is 0.316. The van der Waals surface area contributed by atoms with E-state index in [1.165, 1.54) is 0 Å². The number of nitrogens with one attached hydrogen (secondary N) is 1. The zero-order valence-electron chi connectivity index (χ0n) is 9.33. The van der Waals surface area contributed by atoms with Crippen molar-refractivity contribution < 1.29 is 0 Å². The molecule has 0 radical (unpaired) electrons. The van der Waals surface area contributed by atoms with E-state index in [1.54, 1.807) is 12.4 Å². The van der Waals surface area contributed by atoms with Crippen LogP contribution in [0, 0.1) is 0 Å². The fourth-order valence-corrected chi connectivity index (χ4v) is 1.59. The fraction of sp³-hybridized carbons (Fsp3) is 0.545. The van der Waals surface area contributed by atoms with Gasteiger partial charge in [0.05, 0.1) is 10.7 Å². The van der Waals surface area contributed by atoms with Crippen molar-refractivity contribution in [2.45, 2.75) is 13.8 Å². The minimum atomic E-state index is 0.678. The molecule has 3 nitrogen and oxygen atoms in total. The van der Waals surface area contributed by atoms with Gasteiger partial charge in [-0.2, -0.15) is 0 Å². The van der Waals surface area contributed by atoms with E-state index in [0.717, 1.165) is 31.9 Å². The van der Waals surface area contributed by atoms with Crippen LogP contribution < -0.4 is 5.32 Å². The van der Waals surface area contributed by atoms with Crippen molar-refractivity contribution in [3.05, 3.63) is 23.5 Å². The van der Waals surface area contributed by atoms with Gasteiger partial charge in [0.2, 0.25) is 0 Å². The van der Waals surface area contributed by atoms with Crippen molar-refractivity contribution in [1.29, 1.82) is 0 Å². The van der Waals surface area contributed by atoms with E-state index >= 15 is 0 Å².